The Hall–Kier alpha value is -2.41. The van der Waals surface area contributed by atoms with Crippen molar-refractivity contribution in [3.8, 4) is 0 Å². The molecule has 0 aliphatic heterocycles. The van der Waals surface area contributed by atoms with Gasteiger partial charge in [0.2, 0.25) is 10.1 Å². The lowest BCUT2D eigenvalue weighted by atomic mass is 10.1. The van der Waals surface area contributed by atoms with E-state index in [1.807, 2.05) is 44.4 Å². The summed E-state index contributed by atoms with van der Waals surface area (Å²) in [4.78, 5) is 18.9. The van der Waals surface area contributed by atoms with Crippen molar-refractivity contribution in [2.75, 3.05) is 19.0 Å². The molecule has 1 N–H and O–H groups in total. The Morgan fingerprint density at radius 2 is 2.09 bits per heavy atom. The summed E-state index contributed by atoms with van der Waals surface area (Å²) in [5.74, 6) is -0.0728. The largest absolute Gasteiger partial charge is 0.355 e. The Labute approximate surface area is 132 Å². The van der Waals surface area contributed by atoms with Crippen LogP contribution in [0.5, 0.6) is 0 Å². The lowest BCUT2D eigenvalue weighted by Crippen LogP contribution is -2.18. The Balaban J connectivity index is 1.74. The predicted octanol–water partition coefficient (Wildman–Crippen LogP) is 2.10. The number of anilines is 1. The number of aryl methyl sites for hydroxylation is 1. The molecule has 0 bridgehead atoms. The molecule has 0 fully saturated rings. The van der Waals surface area contributed by atoms with Gasteiger partial charge in [-0.05, 0) is 24.6 Å². The first kappa shape index (κ1) is 14.5. The molecule has 2 heterocycles. The number of amides is 1. The molecule has 2 aromatic heterocycles. The van der Waals surface area contributed by atoms with E-state index in [-0.39, 0.29) is 5.91 Å². The van der Waals surface area contributed by atoms with Crippen LogP contribution in [-0.2, 0) is 6.54 Å². The standard InChI is InChI=1S/C15H17N5OS/c1-10-8-20-14(17-10)22-15(18-20)19(3)9-11-4-6-12(7-5-11)13(21)16-2/h4-8H,9H2,1-3H3,(H,16,21). The van der Waals surface area contributed by atoms with Gasteiger partial charge in [0.25, 0.3) is 5.91 Å². The van der Waals surface area contributed by atoms with Crippen molar-refractivity contribution >= 4 is 27.3 Å². The van der Waals surface area contributed by atoms with Gasteiger partial charge in [-0.3, -0.25) is 4.79 Å². The van der Waals surface area contributed by atoms with Gasteiger partial charge in [0, 0.05) is 26.2 Å². The van der Waals surface area contributed by atoms with Crippen LogP contribution in [-0.4, -0.2) is 34.6 Å². The Kier molecular flexibility index (Phi) is 3.81. The monoisotopic (exact) mass is 315 g/mol. The molecule has 22 heavy (non-hydrogen) atoms. The van der Waals surface area contributed by atoms with Crippen LogP contribution in [0.25, 0.3) is 4.96 Å². The van der Waals surface area contributed by atoms with Gasteiger partial charge >= 0.3 is 0 Å². The number of benzene rings is 1. The van der Waals surface area contributed by atoms with Crippen LogP contribution in [0.3, 0.4) is 0 Å². The smallest absolute Gasteiger partial charge is 0.251 e. The van der Waals surface area contributed by atoms with Gasteiger partial charge < -0.3 is 10.2 Å². The maximum atomic E-state index is 11.5. The highest BCUT2D eigenvalue weighted by atomic mass is 32.1. The van der Waals surface area contributed by atoms with E-state index >= 15 is 0 Å². The van der Waals surface area contributed by atoms with Crippen molar-refractivity contribution in [2.24, 2.45) is 0 Å². The number of nitrogens with one attached hydrogen (secondary N) is 1. The molecule has 0 saturated carbocycles. The number of fused-ring (bicyclic) bond motifs is 1. The van der Waals surface area contributed by atoms with E-state index in [2.05, 4.69) is 20.3 Å². The van der Waals surface area contributed by atoms with Crippen LogP contribution >= 0.6 is 11.3 Å². The highest BCUT2D eigenvalue weighted by molar-refractivity contribution is 7.20. The van der Waals surface area contributed by atoms with E-state index in [0.29, 0.717) is 5.56 Å². The van der Waals surface area contributed by atoms with Crippen molar-refractivity contribution in [1.82, 2.24) is 19.9 Å². The van der Waals surface area contributed by atoms with Gasteiger partial charge in [-0.2, -0.15) is 0 Å². The second-order valence-corrected chi connectivity index (χ2v) is 6.06. The fourth-order valence-corrected chi connectivity index (χ4v) is 3.09. The minimum absolute atomic E-state index is 0.0728. The zero-order valence-corrected chi connectivity index (χ0v) is 13.5. The number of hydrogen-bond donors (Lipinski definition) is 1. The highest BCUT2D eigenvalue weighted by Crippen LogP contribution is 2.23. The summed E-state index contributed by atoms with van der Waals surface area (Å²) in [5, 5.41) is 8.05. The Morgan fingerprint density at radius 3 is 2.73 bits per heavy atom. The molecule has 7 heteroatoms. The molecule has 1 aromatic carbocycles. The number of carbonyl (C=O) groups is 1. The first-order valence-corrected chi connectivity index (χ1v) is 7.73. The second-order valence-electron chi connectivity index (χ2n) is 5.13. The quantitative estimate of drug-likeness (QED) is 0.801. The molecule has 0 unspecified atom stereocenters. The minimum Gasteiger partial charge on any atom is -0.355 e. The summed E-state index contributed by atoms with van der Waals surface area (Å²) in [6, 6.07) is 7.59. The van der Waals surface area contributed by atoms with Crippen molar-refractivity contribution < 1.29 is 4.79 Å². The lowest BCUT2D eigenvalue weighted by molar-refractivity contribution is 0.0963. The fraction of sp³-hybridized carbons (Fsp3) is 0.267. The van der Waals surface area contributed by atoms with Gasteiger partial charge in [0.15, 0.2) is 0 Å². The molecule has 1 amide bonds. The molecule has 0 aliphatic rings. The zero-order valence-electron chi connectivity index (χ0n) is 12.7. The number of hydrogen-bond acceptors (Lipinski definition) is 5. The van der Waals surface area contributed by atoms with E-state index in [1.54, 1.807) is 22.9 Å². The van der Waals surface area contributed by atoms with Gasteiger partial charge in [-0.15, -0.1) is 5.10 Å². The van der Waals surface area contributed by atoms with E-state index in [1.165, 1.54) is 0 Å². The van der Waals surface area contributed by atoms with Gasteiger partial charge in [-0.1, -0.05) is 23.5 Å². The van der Waals surface area contributed by atoms with Crippen molar-refractivity contribution in [1.29, 1.82) is 0 Å². The fourth-order valence-electron chi connectivity index (χ4n) is 2.20. The Morgan fingerprint density at radius 1 is 1.36 bits per heavy atom. The molecule has 0 radical (unpaired) electrons. The first-order chi connectivity index (χ1) is 10.6. The van der Waals surface area contributed by atoms with Crippen molar-refractivity contribution in [3.05, 3.63) is 47.3 Å². The maximum Gasteiger partial charge on any atom is 0.251 e. The summed E-state index contributed by atoms with van der Waals surface area (Å²) in [6.07, 6.45) is 1.92. The van der Waals surface area contributed by atoms with Crippen molar-refractivity contribution in [3.63, 3.8) is 0 Å². The topological polar surface area (TPSA) is 62.5 Å². The number of imidazole rings is 1. The average Bonchev–Trinajstić information content (AvgIpc) is 3.04. The van der Waals surface area contributed by atoms with Crippen LogP contribution in [0.4, 0.5) is 5.13 Å². The molecule has 0 saturated heterocycles. The average molecular weight is 315 g/mol. The third-order valence-corrected chi connectivity index (χ3v) is 4.38. The molecule has 0 atom stereocenters. The summed E-state index contributed by atoms with van der Waals surface area (Å²) in [5.41, 5.74) is 2.76. The first-order valence-electron chi connectivity index (χ1n) is 6.92. The van der Waals surface area contributed by atoms with Gasteiger partial charge in [0.05, 0.1) is 11.9 Å². The number of nitrogens with zero attached hydrogens (tertiary/aromatic N) is 4. The summed E-state index contributed by atoms with van der Waals surface area (Å²) in [7, 11) is 3.63. The van der Waals surface area contributed by atoms with E-state index < -0.39 is 0 Å². The molecule has 114 valence electrons. The lowest BCUT2D eigenvalue weighted by Gasteiger charge is -2.15. The summed E-state index contributed by atoms with van der Waals surface area (Å²) < 4.78 is 1.81. The highest BCUT2D eigenvalue weighted by Gasteiger charge is 2.11. The third-order valence-electron chi connectivity index (χ3n) is 3.34. The van der Waals surface area contributed by atoms with E-state index in [4.69, 9.17) is 0 Å². The molecule has 0 spiro atoms. The summed E-state index contributed by atoms with van der Waals surface area (Å²) in [6.45, 7) is 2.68. The molecular formula is C15H17N5OS. The predicted molar refractivity (Wildman–Crippen MR) is 87.5 cm³/mol. The number of carbonyl (C=O) groups excluding carboxylic acids is 1. The van der Waals surface area contributed by atoms with E-state index in [0.717, 1.165) is 27.9 Å². The maximum absolute atomic E-state index is 11.5. The van der Waals surface area contributed by atoms with Gasteiger partial charge in [0.1, 0.15) is 0 Å². The van der Waals surface area contributed by atoms with Crippen LogP contribution < -0.4 is 10.2 Å². The number of aromatic nitrogens is 3. The minimum atomic E-state index is -0.0728. The Bertz CT molecular complexity index is 774. The zero-order chi connectivity index (χ0) is 15.7. The SMILES string of the molecule is CNC(=O)c1ccc(CN(C)c2nn3cc(C)nc3s2)cc1. The van der Waals surface area contributed by atoms with Crippen molar-refractivity contribution in [2.45, 2.75) is 13.5 Å². The van der Waals surface area contributed by atoms with Crippen LogP contribution in [0.2, 0.25) is 0 Å². The molecule has 3 aromatic rings. The molecular weight excluding hydrogens is 298 g/mol. The molecule has 3 rings (SSSR count). The second kappa shape index (κ2) is 5.76. The van der Waals surface area contributed by atoms with Crippen LogP contribution in [0.1, 0.15) is 21.6 Å². The van der Waals surface area contributed by atoms with E-state index in [9.17, 15) is 4.79 Å². The molecule has 0 aliphatic carbocycles. The van der Waals surface area contributed by atoms with Crippen LogP contribution in [0.15, 0.2) is 30.5 Å². The molecule has 6 nitrogen and oxygen atoms in total. The normalized spacial score (nSPS) is 10.9. The van der Waals surface area contributed by atoms with Crippen LogP contribution in [0, 0.1) is 6.92 Å². The third kappa shape index (κ3) is 2.80. The van der Waals surface area contributed by atoms with Gasteiger partial charge in [-0.25, -0.2) is 9.50 Å². The summed E-state index contributed by atoms with van der Waals surface area (Å²) >= 11 is 1.56. The number of rotatable bonds is 4.